The molecule has 0 bridgehead atoms. The van der Waals surface area contributed by atoms with E-state index in [-0.39, 0.29) is 23.2 Å². The number of piperazine rings is 1. The van der Waals surface area contributed by atoms with Crippen molar-refractivity contribution >= 4 is 56.8 Å². The minimum Gasteiger partial charge on any atom is -0.495 e. The van der Waals surface area contributed by atoms with Crippen LogP contribution < -0.4 is 30.1 Å². The lowest BCUT2D eigenvalue weighted by Gasteiger charge is -2.40. The lowest BCUT2D eigenvalue weighted by molar-refractivity contribution is -0.120. The van der Waals surface area contributed by atoms with Crippen molar-refractivity contribution in [1.82, 2.24) is 40.6 Å². The van der Waals surface area contributed by atoms with Crippen molar-refractivity contribution in [2.75, 3.05) is 74.2 Å². The van der Waals surface area contributed by atoms with E-state index >= 15 is 4.39 Å². The Morgan fingerprint density at radius 2 is 1.73 bits per heavy atom. The van der Waals surface area contributed by atoms with Gasteiger partial charge in [0.1, 0.15) is 23.5 Å². The summed E-state index contributed by atoms with van der Waals surface area (Å²) < 4.78 is 27.5. The Morgan fingerprint density at radius 1 is 0.984 bits per heavy atom. The number of nitrogens with zero attached hydrogens (tertiary/aromatic N) is 8. The molecule has 6 heterocycles. The van der Waals surface area contributed by atoms with E-state index in [0.717, 1.165) is 111 Å². The summed E-state index contributed by atoms with van der Waals surface area (Å²) in [6.45, 7) is 12.7. The summed E-state index contributed by atoms with van der Waals surface area (Å²) in [5.41, 5.74) is 6.45. The summed E-state index contributed by atoms with van der Waals surface area (Å²) in [5, 5.41) is 10.8. The standard InChI is InChI=1S/C47H52FN11O5/c1-27-21-33(35(48)22-32(27)28(2)51-43(61)44-54-45(55-64-44)47(3)12-13-47)41-40-34-23-38(63-4)37(24-36(34)52-42(40)50-26-49-41)58-19-17-56(18-20-58)25-29-9-14-57(15-10-29)30-5-7-31(8-6-30)59-16-11-39(60)53-46(59)62/h5-8,21-24,26,28-29H,9-20,25H2,1-4H3,(H,51,61)(H,49,50,52)(H,53,60,62)/t28-/m1/s1. The molecule has 17 heteroatoms. The molecule has 10 rings (SSSR count). The van der Waals surface area contributed by atoms with Crippen molar-refractivity contribution in [2.24, 2.45) is 5.92 Å². The molecule has 3 aromatic heterocycles. The molecule has 0 unspecified atom stereocenters. The van der Waals surface area contributed by atoms with Crippen LogP contribution in [0.5, 0.6) is 5.75 Å². The van der Waals surface area contributed by atoms with Crippen molar-refractivity contribution in [3.05, 3.63) is 83.5 Å². The predicted molar refractivity (Wildman–Crippen MR) is 240 cm³/mol. The number of H-pyrrole nitrogens is 1. The molecule has 332 valence electrons. The number of amides is 4. The molecule has 3 N–H and O–H groups in total. The quantitative estimate of drug-likeness (QED) is 0.127. The van der Waals surface area contributed by atoms with Crippen LogP contribution >= 0.6 is 0 Å². The number of fused-ring (bicyclic) bond motifs is 3. The summed E-state index contributed by atoms with van der Waals surface area (Å²) >= 11 is 0. The maximum Gasteiger partial charge on any atom is 0.328 e. The number of anilines is 3. The number of aromatic nitrogens is 5. The van der Waals surface area contributed by atoms with Crippen molar-refractivity contribution in [3.8, 4) is 17.0 Å². The number of nitrogens with one attached hydrogen (secondary N) is 3. The molecule has 3 saturated heterocycles. The van der Waals surface area contributed by atoms with Crippen molar-refractivity contribution in [1.29, 1.82) is 0 Å². The van der Waals surface area contributed by atoms with Crippen LogP contribution in [0.25, 0.3) is 33.2 Å². The van der Waals surface area contributed by atoms with Gasteiger partial charge in [0.15, 0.2) is 5.82 Å². The molecular formula is C47H52FN11O5. The number of carbonyl (C=O) groups excluding carboxylic acids is 3. The van der Waals surface area contributed by atoms with Gasteiger partial charge >= 0.3 is 17.8 Å². The highest BCUT2D eigenvalue weighted by atomic mass is 19.1. The van der Waals surface area contributed by atoms with Gasteiger partial charge in [-0.3, -0.25) is 24.7 Å². The first-order valence-corrected chi connectivity index (χ1v) is 22.2. The van der Waals surface area contributed by atoms with Crippen LogP contribution in [0, 0.1) is 18.7 Å². The number of halogens is 1. The topological polar surface area (TPSA) is 178 Å². The smallest absolute Gasteiger partial charge is 0.328 e. The first kappa shape index (κ1) is 41.4. The van der Waals surface area contributed by atoms with Crippen LogP contribution in [0.3, 0.4) is 0 Å². The number of methoxy groups -OCH3 is 1. The molecule has 0 radical (unpaired) electrons. The molecule has 3 aliphatic heterocycles. The largest absolute Gasteiger partial charge is 0.495 e. The van der Waals surface area contributed by atoms with Gasteiger partial charge in [-0.1, -0.05) is 12.1 Å². The average Bonchev–Trinajstić information content (AvgIpc) is 3.66. The average molecular weight is 870 g/mol. The molecule has 6 aromatic rings. The van der Waals surface area contributed by atoms with Gasteiger partial charge in [-0.15, -0.1) is 0 Å². The van der Waals surface area contributed by atoms with E-state index in [4.69, 9.17) is 9.26 Å². The lowest BCUT2D eigenvalue weighted by Crippen LogP contribution is -2.49. The van der Waals surface area contributed by atoms with Gasteiger partial charge in [0, 0.05) is 86.5 Å². The maximum atomic E-state index is 16.2. The highest BCUT2D eigenvalue weighted by Gasteiger charge is 2.44. The molecular weight excluding hydrogens is 818 g/mol. The van der Waals surface area contributed by atoms with E-state index in [2.05, 4.69) is 68.6 Å². The van der Waals surface area contributed by atoms with E-state index in [0.29, 0.717) is 52.6 Å². The fourth-order valence-electron chi connectivity index (χ4n) is 9.57. The Morgan fingerprint density at radius 3 is 2.45 bits per heavy atom. The van der Waals surface area contributed by atoms with Crippen molar-refractivity contribution in [2.45, 2.75) is 64.3 Å². The number of ether oxygens (including phenoxy) is 1. The third-order valence-corrected chi connectivity index (χ3v) is 13.7. The second-order valence-corrected chi connectivity index (χ2v) is 18.0. The summed E-state index contributed by atoms with van der Waals surface area (Å²) in [7, 11) is 1.68. The van der Waals surface area contributed by atoms with E-state index in [1.54, 1.807) is 25.0 Å². The molecule has 4 aliphatic rings. The van der Waals surface area contributed by atoms with Crippen LogP contribution in [0.2, 0.25) is 0 Å². The van der Waals surface area contributed by atoms with Crippen LogP contribution in [0.4, 0.5) is 26.2 Å². The first-order valence-electron chi connectivity index (χ1n) is 22.2. The van der Waals surface area contributed by atoms with Gasteiger partial charge in [0.05, 0.1) is 35.4 Å². The van der Waals surface area contributed by atoms with Gasteiger partial charge in [-0.05, 0) is 105 Å². The van der Waals surface area contributed by atoms with Crippen LogP contribution in [0.15, 0.2) is 59.4 Å². The molecule has 3 aromatic carbocycles. The van der Waals surface area contributed by atoms with Gasteiger partial charge in [-0.25, -0.2) is 19.2 Å². The monoisotopic (exact) mass is 869 g/mol. The zero-order valence-electron chi connectivity index (χ0n) is 36.5. The summed E-state index contributed by atoms with van der Waals surface area (Å²) in [6.07, 6.45) is 5.89. The number of hydrogen-bond acceptors (Lipinski definition) is 12. The Hall–Kier alpha value is -6.62. The predicted octanol–water partition coefficient (Wildman–Crippen LogP) is 6.64. The Balaban J connectivity index is 0.784. The van der Waals surface area contributed by atoms with E-state index in [1.807, 2.05) is 32.0 Å². The van der Waals surface area contributed by atoms with Gasteiger partial charge in [0.2, 0.25) is 5.91 Å². The second-order valence-electron chi connectivity index (χ2n) is 18.0. The molecule has 1 aliphatic carbocycles. The second kappa shape index (κ2) is 16.5. The molecule has 4 fully saturated rings. The number of benzene rings is 3. The third kappa shape index (κ3) is 7.86. The lowest BCUT2D eigenvalue weighted by atomic mass is 9.95. The maximum absolute atomic E-state index is 16.2. The Labute approximate surface area is 369 Å². The van der Waals surface area contributed by atoms with E-state index in [1.165, 1.54) is 12.4 Å². The zero-order valence-corrected chi connectivity index (χ0v) is 36.5. The zero-order chi connectivity index (χ0) is 44.3. The van der Waals surface area contributed by atoms with Crippen LogP contribution in [0.1, 0.15) is 79.6 Å². The number of carbonyl (C=O) groups is 3. The van der Waals surface area contributed by atoms with Crippen molar-refractivity contribution in [3.63, 3.8) is 0 Å². The molecule has 1 saturated carbocycles. The number of aromatic amines is 1. The number of urea groups is 1. The normalized spacial score (nSPS) is 18.7. The highest BCUT2D eigenvalue weighted by Crippen LogP contribution is 2.46. The number of piperidine rings is 1. The Kier molecular flexibility index (Phi) is 10.7. The molecule has 64 heavy (non-hydrogen) atoms. The summed E-state index contributed by atoms with van der Waals surface area (Å²) in [4.78, 5) is 62.8. The number of hydrogen-bond donors (Lipinski definition) is 3. The molecule has 16 nitrogen and oxygen atoms in total. The van der Waals surface area contributed by atoms with Gasteiger partial charge in [0.25, 0.3) is 0 Å². The van der Waals surface area contributed by atoms with Crippen LogP contribution in [-0.2, 0) is 10.2 Å². The fourth-order valence-corrected chi connectivity index (χ4v) is 9.57. The number of rotatable bonds is 11. The first-order chi connectivity index (χ1) is 30.9. The minimum absolute atomic E-state index is 0.105. The fraction of sp³-hybridized carbons (Fsp3) is 0.426. The SMILES string of the molecule is COc1cc2c(cc1N1CCN(CC3CCN(c4ccc(N5CCC(=O)NC5=O)cc4)CC3)CC1)[nH]c1ncnc(-c3cc(C)c([C@@H](C)NC(=O)c4nc(C5(C)CC5)no4)cc3F)c12. The number of aryl methyl sites for hydroxylation is 1. The Bertz CT molecular complexity index is 2770. The number of imide groups is 1. The van der Waals surface area contributed by atoms with Crippen molar-refractivity contribution < 1.29 is 28.0 Å². The van der Waals surface area contributed by atoms with Gasteiger partial charge in [-0.2, -0.15) is 4.98 Å². The van der Waals surface area contributed by atoms with E-state index in [9.17, 15) is 14.4 Å². The van der Waals surface area contributed by atoms with E-state index < -0.39 is 17.8 Å². The summed E-state index contributed by atoms with van der Waals surface area (Å²) in [6, 6.07) is 14.5. The minimum atomic E-state index is -0.533. The summed E-state index contributed by atoms with van der Waals surface area (Å²) in [5.74, 6) is 0.561. The molecule has 4 amide bonds. The van der Waals surface area contributed by atoms with Crippen LogP contribution in [-0.4, -0.2) is 107 Å². The molecule has 1 atom stereocenters. The third-order valence-electron chi connectivity index (χ3n) is 13.7. The van der Waals surface area contributed by atoms with Gasteiger partial charge < -0.3 is 29.4 Å². The molecule has 0 spiro atoms. The highest BCUT2D eigenvalue weighted by molar-refractivity contribution is 6.13.